The molecule has 3 aromatic rings. The van der Waals surface area contributed by atoms with Gasteiger partial charge in [0.15, 0.2) is 5.82 Å². The van der Waals surface area contributed by atoms with Crippen LogP contribution in [0.5, 0.6) is 17.2 Å². The molecule has 1 N–H and O–H groups in total. The van der Waals surface area contributed by atoms with E-state index in [0.29, 0.717) is 57.2 Å². The lowest BCUT2D eigenvalue weighted by molar-refractivity contribution is 0.121. The molecule has 206 valence electrons. The summed E-state index contributed by atoms with van der Waals surface area (Å²) in [5.74, 6) is 4.33. The SMILES string of the molecule is COc1cccc(OCCOc2ccccc2/C=N\Nc2cc(N3CCOCC3)nc(N3CCOCC3)n2)c1. The first-order valence-corrected chi connectivity index (χ1v) is 13.1. The molecule has 11 nitrogen and oxygen atoms in total. The van der Waals surface area contributed by atoms with Crippen LogP contribution in [0, 0.1) is 0 Å². The number of para-hydroxylation sites is 1. The van der Waals surface area contributed by atoms with Crippen molar-refractivity contribution >= 4 is 23.8 Å². The lowest BCUT2D eigenvalue weighted by Crippen LogP contribution is -2.39. The van der Waals surface area contributed by atoms with Crippen LogP contribution in [0.25, 0.3) is 0 Å². The van der Waals surface area contributed by atoms with E-state index < -0.39 is 0 Å². The molecule has 5 rings (SSSR count). The van der Waals surface area contributed by atoms with Gasteiger partial charge >= 0.3 is 0 Å². The second-order valence-corrected chi connectivity index (χ2v) is 8.89. The minimum absolute atomic E-state index is 0.382. The van der Waals surface area contributed by atoms with Gasteiger partial charge in [0.2, 0.25) is 5.95 Å². The summed E-state index contributed by atoms with van der Waals surface area (Å²) >= 11 is 0. The Balaban J connectivity index is 1.22. The summed E-state index contributed by atoms with van der Waals surface area (Å²) in [7, 11) is 1.63. The molecule has 0 spiro atoms. The highest BCUT2D eigenvalue weighted by molar-refractivity contribution is 5.84. The van der Waals surface area contributed by atoms with Crippen LogP contribution in [0.2, 0.25) is 0 Å². The van der Waals surface area contributed by atoms with Crippen molar-refractivity contribution in [3.8, 4) is 17.2 Å². The molecule has 1 aromatic heterocycles. The highest BCUT2D eigenvalue weighted by Crippen LogP contribution is 2.23. The maximum absolute atomic E-state index is 5.98. The number of ether oxygens (including phenoxy) is 5. The number of anilines is 3. The molecule has 11 heteroatoms. The van der Waals surface area contributed by atoms with Gasteiger partial charge in [-0.25, -0.2) is 0 Å². The van der Waals surface area contributed by atoms with Crippen LogP contribution in [-0.2, 0) is 9.47 Å². The molecule has 0 atom stereocenters. The van der Waals surface area contributed by atoms with Crippen molar-refractivity contribution in [2.75, 3.05) is 88.2 Å². The Morgan fingerprint density at radius 2 is 1.56 bits per heavy atom. The predicted molar refractivity (Wildman–Crippen MR) is 150 cm³/mol. The van der Waals surface area contributed by atoms with Crippen LogP contribution < -0.4 is 29.4 Å². The molecule has 0 bridgehead atoms. The molecule has 0 aliphatic carbocycles. The van der Waals surface area contributed by atoms with Gasteiger partial charge in [0.1, 0.15) is 36.3 Å². The zero-order valence-electron chi connectivity index (χ0n) is 22.1. The maximum Gasteiger partial charge on any atom is 0.229 e. The smallest absolute Gasteiger partial charge is 0.229 e. The molecule has 0 saturated carbocycles. The summed E-state index contributed by atoms with van der Waals surface area (Å²) < 4.78 is 28.0. The van der Waals surface area contributed by atoms with Gasteiger partial charge in [-0.1, -0.05) is 18.2 Å². The van der Waals surface area contributed by atoms with Crippen LogP contribution in [0.3, 0.4) is 0 Å². The average Bonchev–Trinajstić information content (AvgIpc) is 3.01. The van der Waals surface area contributed by atoms with Gasteiger partial charge in [-0.05, 0) is 24.3 Å². The summed E-state index contributed by atoms with van der Waals surface area (Å²) in [4.78, 5) is 13.9. The third-order valence-electron chi connectivity index (χ3n) is 6.28. The van der Waals surface area contributed by atoms with Crippen molar-refractivity contribution in [1.82, 2.24) is 9.97 Å². The van der Waals surface area contributed by atoms with Gasteiger partial charge in [0.25, 0.3) is 0 Å². The highest BCUT2D eigenvalue weighted by atomic mass is 16.5. The largest absolute Gasteiger partial charge is 0.497 e. The third kappa shape index (κ3) is 7.49. The van der Waals surface area contributed by atoms with Crippen molar-refractivity contribution < 1.29 is 23.7 Å². The fourth-order valence-corrected chi connectivity index (χ4v) is 4.23. The number of hydrazone groups is 1. The highest BCUT2D eigenvalue weighted by Gasteiger charge is 2.19. The topological polar surface area (TPSA) is 103 Å². The number of hydrogen-bond acceptors (Lipinski definition) is 11. The molecule has 3 heterocycles. The lowest BCUT2D eigenvalue weighted by atomic mass is 10.2. The summed E-state index contributed by atoms with van der Waals surface area (Å²) in [5, 5.41) is 4.46. The quantitative estimate of drug-likeness (QED) is 0.224. The molecule has 39 heavy (non-hydrogen) atoms. The van der Waals surface area contributed by atoms with Crippen molar-refractivity contribution in [3.05, 3.63) is 60.2 Å². The van der Waals surface area contributed by atoms with Crippen LogP contribution in [0.4, 0.5) is 17.6 Å². The van der Waals surface area contributed by atoms with Gasteiger partial charge in [0, 0.05) is 43.9 Å². The second-order valence-electron chi connectivity index (χ2n) is 8.89. The Kier molecular flexibility index (Phi) is 9.27. The Labute approximate surface area is 228 Å². The number of nitrogens with zero attached hydrogens (tertiary/aromatic N) is 5. The van der Waals surface area contributed by atoms with Crippen LogP contribution in [0.15, 0.2) is 59.7 Å². The van der Waals surface area contributed by atoms with Gasteiger partial charge < -0.3 is 33.5 Å². The Bertz CT molecular complexity index is 1190. The van der Waals surface area contributed by atoms with E-state index in [9.17, 15) is 0 Å². The second kappa shape index (κ2) is 13.6. The molecule has 0 radical (unpaired) electrons. The fourth-order valence-electron chi connectivity index (χ4n) is 4.23. The summed E-state index contributed by atoms with van der Waals surface area (Å²) in [6.07, 6.45) is 1.73. The standard InChI is InChI=1S/C28H34N6O5/c1-35-23-6-4-7-24(19-23)38-17-18-39-25-8-3-2-5-22(25)21-29-32-26-20-27(33-9-13-36-14-10-33)31-28(30-26)34-11-15-37-16-12-34/h2-8,19-21H,9-18H2,1H3,(H,30,31,32)/b29-21-. The number of benzene rings is 2. The van der Waals surface area contributed by atoms with E-state index in [1.807, 2.05) is 54.6 Å². The Morgan fingerprint density at radius 1 is 0.846 bits per heavy atom. The molecule has 0 unspecified atom stereocenters. The van der Waals surface area contributed by atoms with E-state index in [2.05, 4.69) is 20.3 Å². The third-order valence-corrected chi connectivity index (χ3v) is 6.28. The molecule has 2 saturated heterocycles. The van der Waals surface area contributed by atoms with Crippen molar-refractivity contribution in [2.24, 2.45) is 5.10 Å². The first-order chi connectivity index (χ1) is 19.3. The number of aromatic nitrogens is 2. The number of rotatable bonds is 11. The van der Waals surface area contributed by atoms with Crippen LogP contribution in [0.1, 0.15) is 5.56 Å². The molecule has 0 amide bonds. The average molecular weight is 535 g/mol. The van der Waals surface area contributed by atoms with Crippen molar-refractivity contribution in [3.63, 3.8) is 0 Å². The van der Waals surface area contributed by atoms with E-state index >= 15 is 0 Å². The molecule has 2 aromatic carbocycles. The normalized spacial score (nSPS) is 15.8. The zero-order valence-corrected chi connectivity index (χ0v) is 22.1. The Hall–Kier alpha value is -4.09. The molecular formula is C28H34N6O5. The minimum atomic E-state index is 0.382. The monoisotopic (exact) mass is 534 g/mol. The minimum Gasteiger partial charge on any atom is -0.497 e. The van der Waals surface area contributed by atoms with Gasteiger partial charge in [-0.15, -0.1) is 0 Å². The number of morpholine rings is 2. The van der Waals surface area contributed by atoms with E-state index in [4.69, 9.17) is 33.7 Å². The van der Waals surface area contributed by atoms with E-state index in [0.717, 1.165) is 49.1 Å². The van der Waals surface area contributed by atoms with Crippen LogP contribution in [-0.4, -0.2) is 89.1 Å². The van der Waals surface area contributed by atoms with Gasteiger partial charge in [0.05, 0.1) is 39.8 Å². The molecule has 2 aliphatic rings. The zero-order chi connectivity index (χ0) is 26.7. The number of nitrogens with one attached hydrogen (secondary N) is 1. The number of hydrogen-bond donors (Lipinski definition) is 1. The van der Waals surface area contributed by atoms with Crippen LogP contribution >= 0.6 is 0 Å². The van der Waals surface area contributed by atoms with Gasteiger partial charge in [-0.2, -0.15) is 15.1 Å². The number of methoxy groups -OCH3 is 1. The summed E-state index contributed by atoms with van der Waals surface area (Å²) in [6, 6.07) is 17.1. The summed E-state index contributed by atoms with van der Waals surface area (Å²) in [5.41, 5.74) is 3.92. The van der Waals surface area contributed by atoms with E-state index in [-0.39, 0.29) is 0 Å². The van der Waals surface area contributed by atoms with E-state index in [1.54, 1.807) is 13.3 Å². The fraction of sp³-hybridized carbons (Fsp3) is 0.393. The lowest BCUT2D eigenvalue weighted by Gasteiger charge is -2.31. The summed E-state index contributed by atoms with van der Waals surface area (Å²) in [6.45, 7) is 6.53. The van der Waals surface area contributed by atoms with Crippen molar-refractivity contribution in [1.29, 1.82) is 0 Å². The molecule has 2 fully saturated rings. The maximum atomic E-state index is 5.98. The van der Waals surface area contributed by atoms with Crippen molar-refractivity contribution in [2.45, 2.75) is 0 Å². The Morgan fingerprint density at radius 3 is 2.36 bits per heavy atom. The van der Waals surface area contributed by atoms with E-state index in [1.165, 1.54) is 0 Å². The first kappa shape index (κ1) is 26.5. The van der Waals surface area contributed by atoms with Gasteiger partial charge in [-0.3, -0.25) is 5.43 Å². The first-order valence-electron chi connectivity index (χ1n) is 13.1. The predicted octanol–water partition coefficient (Wildman–Crippen LogP) is 3.06. The molecular weight excluding hydrogens is 500 g/mol. The molecule has 2 aliphatic heterocycles.